The second-order valence-corrected chi connectivity index (χ2v) is 0.0816. The van der Waals surface area contributed by atoms with Crippen LogP contribution in [-0.4, -0.2) is 16.2 Å². The zero-order valence-electron chi connectivity index (χ0n) is 1.71. The van der Waals surface area contributed by atoms with Crippen LogP contribution >= 0.6 is 0 Å². The van der Waals surface area contributed by atoms with Crippen LogP contribution in [0.4, 0.5) is 0 Å². The third kappa shape index (κ3) is 246. The summed E-state index contributed by atoms with van der Waals surface area (Å²) in [6.07, 6.45) is 0. The van der Waals surface area contributed by atoms with E-state index in [1.807, 2.05) is 0 Å². The maximum atomic E-state index is 8.11. The minimum absolute atomic E-state index is 0. The van der Waals surface area contributed by atoms with Crippen molar-refractivity contribution in [1.29, 1.82) is 0 Å². The van der Waals surface area contributed by atoms with E-state index < -0.39 is 0 Å². The van der Waals surface area contributed by atoms with Crippen LogP contribution in [0.2, 0.25) is 0 Å². The van der Waals surface area contributed by atoms with Gasteiger partial charge in [0.25, 0.3) is 0 Å². The Morgan fingerprint density at radius 3 is 1.60 bits per heavy atom. The monoisotopic (exact) mass is 263 g/mol. The molecule has 32 valence electrons. The van der Waals surface area contributed by atoms with E-state index in [1.54, 1.807) is 0 Å². The average Bonchev–Trinajstić information content (AvgIpc) is 0.918. The Labute approximate surface area is 48.0 Å². The first kappa shape index (κ1) is 18.5. The van der Waals surface area contributed by atoms with E-state index in [2.05, 4.69) is 0 Å². The number of nitrogens with zero attached hydrogens (tertiary/aromatic N) is 1. The molecule has 0 spiro atoms. The molecule has 0 fully saturated rings. The zero-order valence-corrected chi connectivity index (χ0v) is 4.64. The van der Waals surface area contributed by atoms with Gasteiger partial charge in [-0.2, -0.15) is 0 Å². The normalized spacial score (nSPS) is 2.40. The summed E-state index contributed by atoms with van der Waals surface area (Å²) < 4.78 is 0. The fraction of sp³-hybridized carbons (Fsp3) is 0. The van der Waals surface area contributed by atoms with Crippen molar-refractivity contribution in [2.24, 2.45) is 5.34 Å². The van der Waals surface area contributed by atoms with Gasteiger partial charge in [-0.05, 0) is 11.0 Å². The standard InChI is InChI=1S/HNO2.H4Si.W/c2-1-3;;/h(H,2,3);1H4;. The van der Waals surface area contributed by atoms with Gasteiger partial charge >= 0.3 is 0 Å². The molecule has 0 saturated heterocycles. The van der Waals surface area contributed by atoms with Crippen molar-refractivity contribution >= 4 is 11.0 Å². The SMILES string of the molecule is O=NO.[SiH4].[W]. The zero-order chi connectivity index (χ0) is 2.71. The molecule has 0 rings (SSSR count). The van der Waals surface area contributed by atoms with Crippen molar-refractivity contribution < 1.29 is 26.3 Å². The second kappa shape index (κ2) is 27.6. The summed E-state index contributed by atoms with van der Waals surface area (Å²) in [6.45, 7) is 0. The fourth-order valence-corrected chi connectivity index (χ4v) is 0. The van der Waals surface area contributed by atoms with Gasteiger partial charge in [-0.25, -0.2) is 0 Å². The smallest absolute Gasteiger partial charge is 0.152 e. The van der Waals surface area contributed by atoms with Crippen LogP contribution in [0, 0.1) is 4.91 Å². The van der Waals surface area contributed by atoms with Gasteiger partial charge in [0.05, 0.1) is 0 Å². The molecule has 0 aromatic rings. The van der Waals surface area contributed by atoms with E-state index >= 15 is 0 Å². The maximum Gasteiger partial charge on any atom is 0.152 e. The van der Waals surface area contributed by atoms with Crippen molar-refractivity contribution in [3.63, 3.8) is 0 Å². The maximum absolute atomic E-state index is 8.11. The Kier molecular flexibility index (Phi) is 102. The first-order chi connectivity index (χ1) is 1.41. The molecular formula is H5NO2SiW. The Hall–Kier alpha value is 0.305. The molecule has 0 atom stereocenters. The molecule has 0 amide bonds. The van der Waals surface area contributed by atoms with E-state index in [1.165, 1.54) is 5.34 Å². The molecule has 0 saturated carbocycles. The summed E-state index contributed by atoms with van der Waals surface area (Å²) in [4.78, 5) is 8.11. The molecule has 5 heavy (non-hydrogen) atoms. The number of hydrogen-bond donors (Lipinski definition) is 1. The van der Waals surface area contributed by atoms with Crippen molar-refractivity contribution in [3.05, 3.63) is 4.91 Å². The third-order valence-corrected chi connectivity index (χ3v) is 0. The molecule has 0 aromatic heterocycles. The molecule has 0 aliphatic heterocycles. The largest absolute Gasteiger partial charge is 0.379 e. The van der Waals surface area contributed by atoms with Crippen molar-refractivity contribution in [1.82, 2.24) is 0 Å². The van der Waals surface area contributed by atoms with Crippen LogP contribution in [0.1, 0.15) is 0 Å². The van der Waals surface area contributed by atoms with Crippen molar-refractivity contribution in [2.45, 2.75) is 0 Å². The van der Waals surface area contributed by atoms with Gasteiger partial charge in [-0.15, -0.1) is 4.91 Å². The van der Waals surface area contributed by atoms with Crippen molar-refractivity contribution in [2.75, 3.05) is 0 Å². The van der Waals surface area contributed by atoms with Crippen molar-refractivity contribution in [3.8, 4) is 0 Å². The van der Waals surface area contributed by atoms with E-state index in [4.69, 9.17) is 10.1 Å². The quantitative estimate of drug-likeness (QED) is 0.335. The number of rotatable bonds is 0. The number of hydrogen-bond acceptors (Lipinski definition) is 2. The van der Waals surface area contributed by atoms with E-state index in [0.29, 0.717) is 0 Å². The van der Waals surface area contributed by atoms with Crippen LogP contribution in [0.5, 0.6) is 0 Å². The summed E-state index contributed by atoms with van der Waals surface area (Å²) >= 11 is 0. The second-order valence-electron chi connectivity index (χ2n) is 0.0816. The fourth-order valence-electron chi connectivity index (χ4n) is 0. The van der Waals surface area contributed by atoms with E-state index in [9.17, 15) is 0 Å². The minimum atomic E-state index is 0. The predicted octanol–water partition coefficient (Wildman–Crippen LogP) is -1.31. The Balaban J connectivity index is -0.0000000200. The molecule has 0 aliphatic rings. The van der Waals surface area contributed by atoms with Gasteiger partial charge in [-0.3, -0.25) is 0 Å². The molecule has 5 heteroatoms. The van der Waals surface area contributed by atoms with Crippen LogP contribution in [0.25, 0.3) is 0 Å². The Morgan fingerprint density at radius 2 is 1.60 bits per heavy atom. The molecule has 1 N–H and O–H groups in total. The first-order valence-corrected chi connectivity index (χ1v) is 0.383. The molecule has 0 aliphatic carbocycles. The predicted molar refractivity (Wildman–Crippen MR) is 18.9 cm³/mol. The molecule has 0 aromatic carbocycles. The first-order valence-electron chi connectivity index (χ1n) is 0.383. The van der Waals surface area contributed by atoms with Gasteiger partial charge in [0.1, 0.15) is 0 Å². The van der Waals surface area contributed by atoms with E-state index in [0.717, 1.165) is 0 Å². The molecule has 0 bridgehead atoms. The van der Waals surface area contributed by atoms with Gasteiger partial charge in [0.2, 0.25) is 0 Å². The van der Waals surface area contributed by atoms with Crippen LogP contribution in [0.15, 0.2) is 5.34 Å². The average molecular weight is 263 g/mol. The van der Waals surface area contributed by atoms with Crippen LogP contribution in [0.3, 0.4) is 0 Å². The van der Waals surface area contributed by atoms with Gasteiger partial charge in [0.15, 0.2) is 5.34 Å². The third-order valence-electron chi connectivity index (χ3n) is 0. The van der Waals surface area contributed by atoms with Gasteiger partial charge in [-0.1, -0.05) is 0 Å². The molecule has 0 heterocycles. The Morgan fingerprint density at radius 1 is 1.60 bits per heavy atom. The van der Waals surface area contributed by atoms with Crippen LogP contribution in [-0.2, 0) is 21.1 Å². The summed E-state index contributed by atoms with van der Waals surface area (Å²) in [5.74, 6) is 0. The summed E-state index contributed by atoms with van der Waals surface area (Å²) in [5.41, 5.74) is 0. The molecular weight excluding hydrogens is 258 g/mol. The van der Waals surface area contributed by atoms with Gasteiger partial charge < -0.3 is 5.21 Å². The molecule has 3 nitrogen and oxygen atoms in total. The molecule has 0 radical (unpaired) electrons. The van der Waals surface area contributed by atoms with E-state index in [-0.39, 0.29) is 32.0 Å². The summed E-state index contributed by atoms with van der Waals surface area (Å²) in [6, 6.07) is 0. The van der Waals surface area contributed by atoms with Crippen LogP contribution < -0.4 is 0 Å². The minimum Gasteiger partial charge on any atom is -0.379 e. The summed E-state index contributed by atoms with van der Waals surface area (Å²) in [5, 5.41) is 7.89. The summed E-state index contributed by atoms with van der Waals surface area (Å²) in [7, 11) is 0. The molecule has 0 unspecified atom stereocenters. The van der Waals surface area contributed by atoms with Gasteiger partial charge in [0, 0.05) is 21.1 Å². The topological polar surface area (TPSA) is 49.7 Å². The Bertz CT molecular complexity index is 17.1.